The first-order valence-corrected chi connectivity index (χ1v) is 6.51. The van der Waals surface area contributed by atoms with Gasteiger partial charge >= 0.3 is 0 Å². The van der Waals surface area contributed by atoms with Gasteiger partial charge in [0.1, 0.15) is 0 Å². The smallest absolute Gasteiger partial charge is 0.0656 e. The third kappa shape index (κ3) is 3.82. The number of hydrogen-bond donors (Lipinski definition) is 1. The Labute approximate surface area is 114 Å². The highest BCUT2D eigenvalue weighted by molar-refractivity contribution is 6.33. The van der Waals surface area contributed by atoms with Crippen LogP contribution in [-0.2, 0) is 0 Å². The number of aryl methyl sites for hydroxylation is 1. The minimum atomic E-state index is 0.508. The Morgan fingerprint density at radius 1 is 1.44 bits per heavy atom. The summed E-state index contributed by atoms with van der Waals surface area (Å²) >= 11 is 6.08. The van der Waals surface area contributed by atoms with Crippen LogP contribution in [0.2, 0.25) is 5.02 Å². The molecule has 1 aromatic carbocycles. The number of nitrogens with two attached hydrogens (primary N) is 1. The zero-order valence-corrected chi connectivity index (χ0v) is 12.0. The predicted octanol–water partition coefficient (Wildman–Crippen LogP) is 3.61. The summed E-state index contributed by atoms with van der Waals surface area (Å²) < 4.78 is 0. The monoisotopic (exact) mass is 265 g/mol. The van der Waals surface area contributed by atoms with Crippen LogP contribution in [0.1, 0.15) is 25.8 Å². The minimum Gasteiger partial charge on any atom is -0.398 e. The molecule has 18 heavy (non-hydrogen) atoms. The second-order valence-electron chi connectivity index (χ2n) is 4.91. The van der Waals surface area contributed by atoms with Gasteiger partial charge < -0.3 is 10.6 Å². The lowest BCUT2D eigenvalue weighted by Gasteiger charge is -2.28. The van der Waals surface area contributed by atoms with Crippen LogP contribution in [-0.4, -0.2) is 13.1 Å². The van der Waals surface area contributed by atoms with Crippen LogP contribution in [0.25, 0.3) is 0 Å². The highest BCUT2D eigenvalue weighted by Gasteiger charge is 2.12. The molecule has 3 nitrogen and oxygen atoms in total. The maximum absolute atomic E-state index is 8.74. The molecule has 0 aromatic heterocycles. The van der Waals surface area contributed by atoms with Crippen molar-refractivity contribution in [2.24, 2.45) is 5.92 Å². The third-order valence-corrected chi connectivity index (χ3v) is 3.06. The summed E-state index contributed by atoms with van der Waals surface area (Å²) in [5, 5.41) is 9.31. The van der Waals surface area contributed by atoms with Gasteiger partial charge in [0.25, 0.3) is 0 Å². The Kier molecular flexibility index (Phi) is 5.30. The zero-order valence-electron chi connectivity index (χ0n) is 11.2. The lowest BCUT2D eigenvalue weighted by molar-refractivity contribution is 0.611. The molecule has 0 bridgehead atoms. The number of benzene rings is 1. The summed E-state index contributed by atoms with van der Waals surface area (Å²) in [6.45, 7) is 7.96. The number of halogens is 1. The van der Waals surface area contributed by atoms with Crippen LogP contribution in [0, 0.1) is 24.2 Å². The van der Waals surface area contributed by atoms with Crippen molar-refractivity contribution in [2.75, 3.05) is 23.7 Å². The van der Waals surface area contributed by atoms with Gasteiger partial charge in [-0.05, 0) is 30.5 Å². The summed E-state index contributed by atoms with van der Waals surface area (Å²) in [7, 11) is 0. The molecule has 98 valence electrons. The van der Waals surface area contributed by atoms with E-state index in [1.165, 1.54) is 0 Å². The molecule has 0 saturated carbocycles. The maximum Gasteiger partial charge on any atom is 0.0656 e. The minimum absolute atomic E-state index is 0.508. The van der Waals surface area contributed by atoms with Crippen molar-refractivity contribution in [3.63, 3.8) is 0 Å². The summed E-state index contributed by atoms with van der Waals surface area (Å²) in [4.78, 5) is 2.20. The Morgan fingerprint density at radius 2 is 2.11 bits per heavy atom. The highest BCUT2D eigenvalue weighted by Crippen LogP contribution is 2.30. The Balaban J connectivity index is 3.04. The molecule has 2 N–H and O–H groups in total. The van der Waals surface area contributed by atoms with E-state index in [1.54, 1.807) is 0 Å². The standard InChI is InChI=1S/C14H20ClN3/c1-10(2)9-18(6-4-5-16)14-8-12(15)13(17)7-11(14)3/h7-8,10H,4,6,9,17H2,1-3H3. The molecule has 0 saturated heterocycles. The van der Waals surface area contributed by atoms with Crippen LogP contribution in [0.15, 0.2) is 12.1 Å². The van der Waals surface area contributed by atoms with Crippen molar-refractivity contribution >= 4 is 23.0 Å². The predicted molar refractivity (Wildman–Crippen MR) is 77.9 cm³/mol. The lowest BCUT2D eigenvalue weighted by Crippen LogP contribution is -2.29. The summed E-state index contributed by atoms with van der Waals surface area (Å²) in [6.07, 6.45) is 0.508. The van der Waals surface area contributed by atoms with Gasteiger partial charge in [-0.1, -0.05) is 25.4 Å². The summed E-state index contributed by atoms with van der Waals surface area (Å²) in [5.74, 6) is 0.527. The van der Waals surface area contributed by atoms with Gasteiger partial charge in [0, 0.05) is 18.8 Å². The van der Waals surface area contributed by atoms with E-state index >= 15 is 0 Å². The topological polar surface area (TPSA) is 53.0 Å². The van der Waals surface area contributed by atoms with Gasteiger partial charge in [-0.25, -0.2) is 0 Å². The van der Waals surface area contributed by atoms with Gasteiger partial charge in [-0.3, -0.25) is 0 Å². The quantitative estimate of drug-likeness (QED) is 0.828. The molecule has 0 spiro atoms. The number of nitrogen functional groups attached to an aromatic ring is 1. The first-order valence-electron chi connectivity index (χ1n) is 6.13. The molecular formula is C14H20ClN3. The zero-order chi connectivity index (χ0) is 13.7. The molecule has 0 atom stereocenters. The van der Waals surface area contributed by atoms with Gasteiger partial charge in [0.05, 0.1) is 23.2 Å². The number of anilines is 2. The van der Waals surface area contributed by atoms with Crippen LogP contribution < -0.4 is 10.6 Å². The summed E-state index contributed by atoms with van der Waals surface area (Å²) in [5.41, 5.74) is 8.55. The fourth-order valence-electron chi connectivity index (χ4n) is 1.97. The van der Waals surface area contributed by atoms with E-state index in [9.17, 15) is 0 Å². The molecule has 0 aliphatic carbocycles. The molecule has 4 heteroatoms. The van der Waals surface area contributed by atoms with E-state index in [4.69, 9.17) is 22.6 Å². The van der Waals surface area contributed by atoms with Crippen LogP contribution in [0.5, 0.6) is 0 Å². The van der Waals surface area contributed by atoms with Gasteiger partial charge in [-0.2, -0.15) is 5.26 Å². The average Bonchev–Trinajstić information content (AvgIpc) is 2.29. The number of nitrogens with zero attached hydrogens (tertiary/aromatic N) is 2. The van der Waals surface area contributed by atoms with Crippen LogP contribution >= 0.6 is 11.6 Å². The fourth-order valence-corrected chi connectivity index (χ4v) is 2.13. The lowest BCUT2D eigenvalue weighted by atomic mass is 10.1. The second kappa shape index (κ2) is 6.51. The highest BCUT2D eigenvalue weighted by atomic mass is 35.5. The van der Waals surface area contributed by atoms with E-state index in [1.807, 2.05) is 19.1 Å². The first kappa shape index (κ1) is 14.7. The SMILES string of the molecule is Cc1cc(N)c(Cl)cc1N(CCC#N)CC(C)C. The van der Waals surface area contributed by atoms with Crippen LogP contribution in [0.4, 0.5) is 11.4 Å². The van der Waals surface area contributed by atoms with Gasteiger partial charge in [-0.15, -0.1) is 0 Å². The van der Waals surface area contributed by atoms with Crippen molar-refractivity contribution in [3.05, 3.63) is 22.7 Å². The molecular weight excluding hydrogens is 246 g/mol. The molecule has 1 rings (SSSR count). The molecule has 1 aromatic rings. The molecule has 0 aliphatic heterocycles. The van der Waals surface area contributed by atoms with Crippen molar-refractivity contribution in [1.82, 2.24) is 0 Å². The first-order chi connectivity index (χ1) is 8.45. The molecule has 0 unspecified atom stereocenters. The van der Waals surface area contributed by atoms with Crippen molar-refractivity contribution < 1.29 is 0 Å². The molecule has 0 amide bonds. The number of hydrogen-bond acceptors (Lipinski definition) is 3. The van der Waals surface area contributed by atoms with Gasteiger partial charge in [0.15, 0.2) is 0 Å². The normalized spacial score (nSPS) is 10.4. The van der Waals surface area contributed by atoms with Crippen molar-refractivity contribution in [2.45, 2.75) is 27.2 Å². The van der Waals surface area contributed by atoms with E-state index in [0.29, 0.717) is 23.0 Å². The third-order valence-electron chi connectivity index (χ3n) is 2.73. The molecule has 0 heterocycles. The van der Waals surface area contributed by atoms with E-state index < -0.39 is 0 Å². The van der Waals surface area contributed by atoms with Crippen molar-refractivity contribution in [3.8, 4) is 6.07 Å². The van der Waals surface area contributed by atoms with E-state index in [-0.39, 0.29) is 0 Å². The molecule has 0 aliphatic rings. The molecule has 0 fully saturated rings. The Morgan fingerprint density at radius 3 is 2.67 bits per heavy atom. The van der Waals surface area contributed by atoms with E-state index in [2.05, 4.69) is 24.8 Å². The summed E-state index contributed by atoms with van der Waals surface area (Å²) in [6, 6.07) is 5.97. The number of nitriles is 1. The Hall–Kier alpha value is -1.40. The van der Waals surface area contributed by atoms with Crippen molar-refractivity contribution in [1.29, 1.82) is 5.26 Å². The van der Waals surface area contributed by atoms with E-state index in [0.717, 1.165) is 24.3 Å². The number of rotatable bonds is 5. The average molecular weight is 266 g/mol. The van der Waals surface area contributed by atoms with Gasteiger partial charge in [0.2, 0.25) is 0 Å². The second-order valence-corrected chi connectivity index (χ2v) is 5.32. The largest absolute Gasteiger partial charge is 0.398 e. The fraction of sp³-hybridized carbons (Fsp3) is 0.500. The van der Waals surface area contributed by atoms with Crippen LogP contribution in [0.3, 0.4) is 0 Å². The molecule has 0 radical (unpaired) electrons. The maximum atomic E-state index is 8.74. The Bertz CT molecular complexity index is 449.